The number of H-pyrrole nitrogens is 1. The van der Waals surface area contributed by atoms with E-state index in [0.29, 0.717) is 16.3 Å². The molecular formula is C15H12N6O2S. The zero-order valence-electron chi connectivity index (χ0n) is 12.3. The van der Waals surface area contributed by atoms with Gasteiger partial charge in [-0.1, -0.05) is 18.2 Å². The highest BCUT2D eigenvalue weighted by Gasteiger charge is 2.18. The first-order valence-electron chi connectivity index (χ1n) is 7.06. The normalized spacial score (nSPS) is 11.3. The summed E-state index contributed by atoms with van der Waals surface area (Å²) < 4.78 is 1.52. The van der Waals surface area contributed by atoms with Gasteiger partial charge < -0.3 is 15.8 Å². The van der Waals surface area contributed by atoms with E-state index in [1.54, 1.807) is 0 Å². The molecule has 0 aliphatic heterocycles. The maximum atomic E-state index is 11.2. The number of nitrogens with zero attached hydrogens (tertiary/aromatic N) is 4. The first-order valence-corrected chi connectivity index (χ1v) is 7.87. The van der Waals surface area contributed by atoms with Gasteiger partial charge in [0.25, 0.3) is 0 Å². The third-order valence-corrected chi connectivity index (χ3v) is 4.46. The number of aromatic amines is 1. The van der Waals surface area contributed by atoms with Crippen molar-refractivity contribution in [3.05, 3.63) is 36.7 Å². The Morgan fingerprint density at radius 3 is 2.96 bits per heavy atom. The SMILES string of the molecule is Nc1ncnc2c1nc(Sc1cc3ccccc3[nH]1)n2CC(=O)O. The fourth-order valence-electron chi connectivity index (χ4n) is 2.49. The minimum Gasteiger partial charge on any atom is -0.480 e. The fourth-order valence-corrected chi connectivity index (χ4v) is 3.43. The Bertz CT molecular complexity index is 1040. The Kier molecular flexibility index (Phi) is 3.35. The van der Waals surface area contributed by atoms with Crippen LogP contribution in [0.4, 0.5) is 5.82 Å². The molecule has 3 heterocycles. The molecule has 4 rings (SSSR count). The quantitative estimate of drug-likeness (QED) is 0.520. The fraction of sp³-hybridized carbons (Fsp3) is 0.0667. The van der Waals surface area contributed by atoms with Crippen molar-refractivity contribution in [3.8, 4) is 0 Å². The van der Waals surface area contributed by atoms with Gasteiger partial charge in [-0.15, -0.1) is 0 Å². The lowest BCUT2D eigenvalue weighted by Gasteiger charge is -2.03. The summed E-state index contributed by atoms with van der Waals surface area (Å²) in [5.74, 6) is -0.757. The summed E-state index contributed by atoms with van der Waals surface area (Å²) in [6.07, 6.45) is 1.30. The van der Waals surface area contributed by atoms with E-state index in [9.17, 15) is 9.90 Å². The van der Waals surface area contributed by atoms with Crippen molar-refractivity contribution in [2.45, 2.75) is 16.7 Å². The van der Waals surface area contributed by atoms with Crippen molar-refractivity contribution < 1.29 is 9.90 Å². The maximum Gasteiger partial charge on any atom is 0.323 e. The lowest BCUT2D eigenvalue weighted by atomic mass is 10.3. The standard InChI is InChI=1S/C15H12N6O2S/c16-13-12-14(18-7-17-13)21(6-11(22)23)15(20-12)24-10-5-8-3-1-2-4-9(8)19-10/h1-5,7,19H,6H2,(H,22,23)(H2,16,17,18). The second-order valence-electron chi connectivity index (χ2n) is 5.13. The highest BCUT2D eigenvalue weighted by atomic mass is 32.2. The van der Waals surface area contributed by atoms with Crippen LogP contribution in [0, 0.1) is 0 Å². The molecule has 24 heavy (non-hydrogen) atoms. The molecule has 0 bridgehead atoms. The van der Waals surface area contributed by atoms with Gasteiger partial charge in [-0.3, -0.25) is 9.36 Å². The van der Waals surface area contributed by atoms with Crippen molar-refractivity contribution in [3.63, 3.8) is 0 Å². The summed E-state index contributed by atoms with van der Waals surface area (Å²) in [6.45, 7) is -0.254. The molecule has 0 fully saturated rings. The molecule has 0 spiro atoms. The third kappa shape index (κ3) is 2.44. The van der Waals surface area contributed by atoms with Gasteiger partial charge in [0, 0.05) is 10.9 Å². The zero-order valence-corrected chi connectivity index (χ0v) is 13.1. The number of rotatable bonds is 4. The number of nitrogens with one attached hydrogen (secondary N) is 1. The Labute approximate surface area is 139 Å². The lowest BCUT2D eigenvalue weighted by molar-refractivity contribution is -0.137. The van der Waals surface area contributed by atoms with Crippen LogP contribution in [-0.2, 0) is 11.3 Å². The maximum absolute atomic E-state index is 11.2. The van der Waals surface area contributed by atoms with E-state index < -0.39 is 5.97 Å². The van der Waals surface area contributed by atoms with E-state index in [0.717, 1.165) is 15.9 Å². The van der Waals surface area contributed by atoms with Gasteiger partial charge in [-0.25, -0.2) is 15.0 Å². The van der Waals surface area contributed by atoms with Crippen molar-refractivity contribution in [2.75, 3.05) is 5.73 Å². The number of aromatic nitrogens is 5. The average molecular weight is 340 g/mol. The lowest BCUT2D eigenvalue weighted by Crippen LogP contribution is -2.10. The molecule has 0 radical (unpaired) electrons. The summed E-state index contributed by atoms with van der Waals surface area (Å²) in [7, 11) is 0. The van der Waals surface area contributed by atoms with E-state index in [2.05, 4.69) is 19.9 Å². The van der Waals surface area contributed by atoms with Crippen LogP contribution in [0.1, 0.15) is 0 Å². The molecule has 0 saturated heterocycles. The van der Waals surface area contributed by atoms with Crippen LogP contribution >= 0.6 is 11.8 Å². The van der Waals surface area contributed by atoms with E-state index in [1.165, 1.54) is 22.7 Å². The molecule has 4 N–H and O–H groups in total. The number of aliphatic carboxylic acids is 1. The number of para-hydroxylation sites is 1. The summed E-state index contributed by atoms with van der Waals surface area (Å²) in [5, 5.41) is 11.6. The van der Waals surface area contributed by atoms with E-state index in [4.69, 9.17) is 5.73 Å². The van der Waals surface area contributed by atoms with Crippen LogP contribution < -0.4 is 5.73 Å². The van der Waals surface area contributed by atoms with Gasteiger partial charge in [0.15, 0.2) is 22.1 Å². The molecule has 3 aromatic heterocycles. The third-order valence-electron chi connectivity index (χ3n) is 3.53. The van der Waals surface area contributed by atoms with Crippen molar-refractivity contribution in [2.24, 2.45) is 0 Å². The number of benzene rings is 1. The number of fused-ring (bicyclic) bond motifs is 2. The van der Waals surface area contributed by atoms with E-state index >= 15 is 0 Å². The summed E-state index contributed by atoms with van der Waals surface area (Å²) in [6, 6.07) is 9.87. The molecule has 0 saturated carbocycles. The van der Waals surface area contributed by atoms with Gasteiger partial charge in [0.2, 0.25) is 0 Å². The Morgan fingerprint density at radius 1 is 1.33 bits per heavy atom. The summed E-state index contributed by atoms with van der Waals surface area (Å²) in [4.78, 5) is 26.9. The largest absolute Gasteiger partial charge is 0.480 e. The molecule has 0 unspecified atom stereocenters. The molecule has 1 aromatic carbocycles. The van der Waals surface area contributed by atoms with Crippen molar-refractivity contribution >= 4 is 45.6 Å². The predicted molar refractivity (Wildman–Crippen MR) is 89.8 cm³/mol. The zero-order chi connectivity index (χ0) is 16.7. The molecule has 0 atom stereocenters. The average Bonchev–Trinajstić information content (AvgIpc) is 3.10. The van der Waals surface area contributed by atoms with Crippen LogP contribution in [-0.4, -0.2) is 35.6 Å². The molecule has 0 aliphatic carbocycles. The minimum atomic E-state index is -0.981. The number of nitrogen functional groups attached to an aromatic ring is 1. The summed E-state index contributed by atoms with van der Waals surface area (Å²) in [5.41, 5.74) is 7.64. The summed E-state index contributed by atoms with van der Waals surface area (Å²) >= 11 is 1.33. The molecular weight excluding hydrogens is 328 g/mol. The molecule has 4 aromatic rings. The van der Waals surface area contributed by atoms with Crippen LogP contribution in [0.5, 0.6) is 0 Å². The van der Waals surface area contributed by atoms with Crippen LogP contribution in [0.2, 0.25) is 0 Å². The number of anilines is 1. The molecule has 9 heteroatoms. The number of carboxylic acids is 1. The van der Waals surface area contributed by atoms with Gasteiger partial charge >= 0.3 is 5.97 Å². The number of imidazole rings is 1. The topological polar surface area (TPSA) is 123 Å². The highest BCUT2D eigenvalue weighted by Crippen LogP contribution is 2.32. The molecule has 0 aliphatic rings. The smallest absolute Gasteiger partial charge is 0.323 e. The number of nitrogens with two attached hydrogens (primary N) is 1. The number of hydrogen-bond donors (Lipinski definition) is 3. The first-order chi connectivity index (χ1) is 11.6. The monoisotopic (exact) mass is 340 g/mol. The first kappa shape index (κ1) is 14.5. The van der Waals surface area contributed by atoms with Gasteiger partial charge in [-0.2, -0.15) is 0 Å². The van der Waals surface area contributed by atoms with E-state index in [-0.39, 0.29) is 12.4 Å². The second kappa shape index (κ2) is 5.53. The highest BCUT2D eigenvalue weighted by molar-refractivity contribution is 7.99. The predicted octanol–water partition coefficient (Wildman–Crippen LogP) is 2.13. The Hall–Kier alpha value is -3.07. The van der Waals surface area contributed by atoms with Gasteiger partial charge in [-0.05, 0) is 23.9 Å². The van der Waals surface area contributed by atoms with Gasteiger partial charge in [0.1, 0.15) is 12.9 Å². The van der Waals surface area contributed by atoms with E-state index in [1.807, 2.05) is 30.3 Å². The number of carboxylic acid groups (broad SMARTS) is 1. The van der Waals surface area contributed by atoms with Crippen molar-refractivity contribution in [1.29, 1.82) is 0 Å². The second-order valence-corrected chi connectivity index (χ2v) is 6.14. The molecule has 8 nitrogen and oxygen atoms in total. The van der Waals surface area contributed by atoms with Crippen LogP contribution in [0.3, 0.4) is 0 Å². The Morgan fingerprint density at radius 2 is 2.17 bits per heavy atom. The minimum absolute atomic E-state index is 0.225. The molecule has 120 valence electrons. The number of carbonyl (C=O) groups is 1. The van der Waals surface area contributed by atoms with Crippen LogP contribution in [0.15, 0.2) is 46.8 Å². The Balaban J connectivity index is 1.82. The van der Waals surface area contributed by atoms with Gasteiger partial charge in [0.05, 0.1) is 5.03 Å². The van der Waals surface area contributed by atoms with Crippen molar-refractivity contribution in [1.82, 2.24) is 24.5 Å². The van der Waals surface area contributed by atoms with Crippen LogP contribution in [0.25, 0.3) is 22.1 Å². The molecule has 0 amide bonds. The number of hydrogen-bond acceptors (Lipinski definition) is 6.